The average Bonchev–Trinajstić information content (AvgIpc) is 2.42. The summed E-state index contributed by atoms with van der Waals surface area (Å²) in [6.07, 6.45) is 0. The van der Waals surface area contributed by atoms with Crippen LogP contribution < -0.4 is 10.1 Å². The molecule has 3 heteroatoms. The summed E-state index contributed by atoms with van der Waals surface area (Å²) in [6.45, 7) is 14.9. The highest BCUT2D eigenvalue weighted by Gasteiger charge is 2.15. The van der Waals surface area contributed by atoms with E-state index >= 15 is 0 Å². The average molecular weight is 262 g/mol. The van der Waals surface area contributed by atoms with Crippen molar-refractivity contribution < 1.29 is 4.74 Å². The second-order valence-electron chi connectivity index (χ2n) is 5.38. The molecule has 1 aromatic carbocycles. The zero-order chi connectivity index (χ0) is 13.8. The van der Waals surface area contributed by atoms with Gasteiger partial charge in [0, 0.05) is 32.7 Å². The maximum absolute atomic E-state index is 5.72. The summed E-state index contributed by atoms with van der Waals surface area (Å²) in [7, 11) is 0. The molecule has 0 saturated carbocycles. The van der Waals surface area contributed by atoms with Gasteiger partial charge in [0.25, 0.3) is 0 Å². The Balaban J connectivity index is 2.22. The van der Waals surface area contributed by atoms with Gasteiger partial charge in [0.15, 0.2) is 0 Å². The quantitative estimate of drug-likeness (QED) is 0.902. The Morgan fingerprint density at radius 2 is 1.84 bits per heavy atom. The third kappa shape index (κ3) is 3.28. The Bertz CT molecular complexity index is 437. The van der Waals surface area contributed by atoms with Crippen molar-refractivity contribution in [2.75, 3.05) is 32.8 Å². The van der Waals surface area contributed by atoms with Crippen molar-refractivity contribution in [1.82, 2.24) is 10.2 Å². The van der Waals surface area contributed by atoms with E-state index in [9.17, 15) is 0 Å². The number of ether oxygens (including phenoxy) is 1. The number of piperazine rings is 1. The van der Waals surface area contributed by atoms with Crippen LogP contribution in [0, 0.1) is 20.8 Å². The molecule has 1 N–H and O–H groups in total. The molecule has 1 saturated heterocycles. The first-order valence-electron chi connectivity index (χ1n) is 7.29. The van der Waals surface area contributed by atoms with E-state index in [1.54, 1.807) is 0 Å². The Labute approximate surface area is 116 Å². The number of nitrogens with zero attached hydrogens (tertiary/aromatic N) is 1. The smallest absolute Gasteiger partial charge is 0.122 e. The fourth-order valence-electron chi connectivity index (χ4n) is 2.74. The second kappa shape index (κ2) is 6.40. The third-order valence-electron chi connectivity index (χ3n) is 4.10. The van der Waals surface area contributed by atoms with Crippen LogP contribution in [-0.2, 0) is 6.54 Å². The van der Waals surface area contributed by atoms with Crippen molar-refractivity contribution in [2.24, 2.45) is 0 Å². The predicted molar refractivity (Wildman–Crippen MR) is 80.0 cm³/mol. The Morgan fingerprint density at radius 1 is 1.16 bits per heavy atom. The van der Waals surface area contributed by atoms with Gasteiger partial charge in [0.2, 0.25) is 0 Å². The molecule has 1 heterocycles. The largest absolute Gasteiger partial charge is 0.494 e. The molecule has 1 aromatic rings. The molecule has 106 valence electrons. The molecule has 0 radical (unpaired) electrons. The summed E-state index contributed by atoms with van der Waals surface area (Å²) >= 11 is 0. The standard InChI is InChI=1S/C16H26N2O/c1-5-19-16-10-12(2)15(13(3)14(16)4)11-18-8-6-17-7-9-18/h10,17H,5-9,11H2,1-4H3. The SMILES string of the molecule is CCOc1cc(C)c(CN2CCNCC2)c(C)c1C. The van der Waals surface area contributed by atoms with Gasteiger partial charge in [-0.2, -0.15) is 0 Å². The van der Waals surface area contributed by atoms with E-state index in [-0.39, 0.29) is 0 Å². The lowest BCUT2D eigenvalue weighted by Gasteiger charge is -2.29. The van der Waals surface area contributed by atoms with Gasteiger partial charge in [0.05, 0.1) is 6.61 Å². The Morgan fingerprint density at radius 3 is 2.47 bits per heavy atom. The van der Waals surface area contributed by atoms with Crippen molar-refractivity contribution in [3.63, 3.8) is 0 Å². The van der Waals surface area contributed by atoms with Gasteiger partial charge >= 0.3 is 0 Å². The Hall–Kier alpha value is -1.06. The number of hydrogen-bond acceptors (Lipinski definition) is 3. The third-order valence-corrected chi connectivity index (χ3v) is 4.10. The summed E-state index contributed by atoms with van der Waals surface area (Å²) in [5.74, 6) is 1.04. The number of hydrogen-bond donors (Lipinski definition) is 1. The Kier molecular flexibility index (Phi) is 4.83. The molecule has 3 nitrogen and oxygen atoms in total. The minimum Gasteiger partial charge on any atom is -0.494 e. The molecule has 0 amide bonds. The van der Waals surface area contributed by atoms with Crippen LogP contribution in [0.1, 0.15) is 29.2 Å². The van der Waals surface area contributed by atoms with Gasteiger partial charge in [-0.25, -0.2) is 0 Å². The molecule has 0 atom stereocenters. The van der Waals surface area contributed by atoms with Crippen LogP contribution in [0.4, 0.5) is 0 Å². The van der Waals surface area contributed by atoms with E-state index in [1.807, 2.05) is 6.92 Å². The van der Waals surface area contributed by atoms with Gasteiger partial charge in [-0.3, -0.25) is 4.90 Å². The summed E-state index contributed by atoms with van der Waals surface area (Å²) < 4.78 is 5.72. The lowest BCUT2D eigenvalue weighted by atomic mass is 9.96. The second-order valence-corrected chi connectivity index (χ2v) is 5.38. The van der Waals surface area contributed by atoms with Crippen molar-refractivity contribution in [1.29, 1.82) is 0 Å². The zero-order valence-electron chi connectivity index (χ0n) is 12.7. The number of nitrogens with one attached hydrogen (secondary N) is 1. The van der Waals surface area contributed by atoms with E-state index in [0.717, 1.165) is 45.1 Å². The lowest BCUT2D eigenvalue weighted by molar-refractivity contribution is 0.232. The maximum Gasteiger partial charge on any atom is 0.122 e. The predicted octanol–water partition coefficient (Wildman–Crippen LogP) is 2.42. The van der Waals surface area contributed by atoms with Gasteiger partial charge in [-0.15, -0.1) is 0 Å². The van der Waals surface area contributed by atoms with Crippen LogP contribution in [0.25, 0.3) is 0 Å². The fourth-order valence-corrected chi connectivity index (χ4v) is 2.74. The van der Waals surface area contributed by atoms with E-state index in [0.29, 0.717) is 0 Å². The van der Waals surface area contributed by atoms with Gasteiger partial charge in [-0.05, 0) is 56.0 Å². The molecule has 0 aliphatic carbocycles. The molecular formula is C16H26N2O. The van der Waals surface area contributed by atoms with Crippen LogP contribution >= 0.6 is 0 Å². The van der Waals surface area contributed by atoms with Crippen molar-refractivity contribution >= 4 is 0 Å². The normalized spacial score (nSPS) is 16.6. The first kappa shape index (κ1) is 14.4. The summed E-state index contributed by atoms with van der Waals surface area (Å²) in [4.78, 5) is 2.53. The zero-order valence-corrected chi connectivity index (χ0v) is 12.7. The highest BCUT2D eigenvalue weighted by atomic mass is 16.5. The number of rotatable bonds is 4. The first-order valence-corrected chi connectivity index (χ1v) is 7.29. The van der Waals surface area contributed by atoms with Crippen molar-refractivity contribution in [2.45, 2.75) is 34.2 Å². The fraction of sp³-hybridized carbons (Fsp3) is 0.625. The topological polar surface area (TPSA) is 24.5 Å². The van der Waals surface area contributed by atoms with Crippen LogP contribution in [0.2, 0.25) is 0 Å². The first-order chi connectivity index (χ1) is 9.13. The maximum atomic E-state index is 5.72. The highest BCUT2D eigenvalue weighted by Crippen LogP contribution is 2.28. The van der Waals surface area contributed by atoms with Crippen molar-refractivity contribution in [3.05, 3.63) is 28.3 Å². The van der Waals surface area contributed by atoms with Gasteiger partial charge in [-0.1, -0.05) is 0 Å². The highest BCUT2D eigenvalue weighted by molar-refractivity contribution is 5.48. The van der Waals surface area contributed by atoms with E-state index < -0.39 is 0 Å². The molecule has 1 aliphatic heterocycles. The minimum absolute atomic E-state index is 0.733. The molecule has 2 rings (SSSR count). The van der Waals surface area contributed by atoms with Crippen LogP contribution in [0.15, 0.2) is 6.07 Å². The molecule has 1 fully saturated rings. The van der Waals surface area contributed by atoms with E-state index in [2.05, 4.69) is 37.1 Å². The number of benzene rings is 1. The van der Waals surface area contributed by atoms with Crippen LogP contribution in [-0.4, -0.2) is 37.7 Å². The van der Waals surface area contributed by atoms with Gasteiger partial charge in [0.1, 0.15) is 5.75 Å². The summed E-state index contributed by atoms with van der Waals surface area (Å²) in [5, 5.41) is 3.41. The van der Waals surface area contributed by atoms with E-state index in [4.69, 9.17) is 4.74 Å². The van der Waals surface area contributed by atoms with Gasteiger partial charge < -0.3 is 10.1 Å². The number of aryl methyl sites for hydroxylation is 1. The summed E-state index contributed by atoms with van der Waals surface area (Å²) in [6, 6.07) is 2.20. The van der Waals surface area contributed by atoms with Crippen LogP contribution in [0.3, 0.4) is 0 Å². The molecule has 0 bridgehead atoms. The lowest BCUT2D eigenvalue weighted by Crippen LogP contribution is -2.43. The monoisotopic (exact) mass is 262 g/mol. The molecular weight excluding hydrogens is 236 g/mol. The van der Waals surface area contributed by atoms with Crippen molar-refractivity contribution in [3.8, 4) is 5.75 Å². The molecule has 0 unspecified atom stereocenters. The molecule has 19 heavy (non-hydrogen) atoms. The van der Waals surface area contributed by atoms with Crippen LogP contribution in [0.5, 0.6) is 5.75 Å². The van der Waals surface area contributed by atoms with E-state index in [1.165, 1.54) is 22.3 Å². The molecule has 0 aromatic heterocycles. The molecule has 1 aliphatic rings. The molecule has 0 spiro atoms. The minimum atomic E-state index is 0.733. The summed E-state index contributed by atoms with van der Waals surface area (Å²) in [5.41, 5.74) is 5.51.